The van der Waals surface area contributed by atoms with Crippen molar-refractivity contribution in [2.75, 3.05) is 29.1 Å². The number of rotatable bonds is 7. The fraction of sp³-hybridized carbons (Fsp3) is 0.500. The zero-order chi connectivity index (χ0) is 22.7. The van der Waals surface area contributed by atoms with Gasteiger partial charge in [-0.2, -0.15) is 0 Å². The maximum absolute atomic E-state index is 12.4. The van der Waals surface area contributed by atoms with E-state index in [1.54, 1.807) is 0 Å². The van der Waals surface area contributed by atoms with E-state index in [9.17, 15) is 9.59 Å². The number of aryl methyl sites for hydroxylation is 3. The maximum atomic E-state index is 12.4. The molecule has 2 amide bonds. The Balaban J connectivity index is 1.24. The van der Waals surface area contributed by atoms with E-state index in [2.05, 4.69) is 44.8 Å². The summed E-state index contributed by atoms with van der Waals surface area (Å²) in [6.07, 6.45) is 3.93. The summed E-state index contributed by atoms with van der Waals surface area (Å²) in [7, 11) is 0. The van der Waals surface area contributed by atoms with Gasteiger partial charge in [-0.1, -0.05) is 29.5 Å². The number of nitrogens with one attached hydrogen (secondary N) is 2. The largest absolute Gasteiger partial charge is 0.355 e. The van der Waals surface area contributed by atoms with Crippen molar-refractivity contribution in [2.24, 2.45) is 5.92 Å². The van der Waals surface area contributed by atoms with E-state index in [1.165, 1.54) is 17.3 Å². The second-order valence-corrected chi connectivity index (χ2v) is 9.88. The number of thioether (sulfide) groups is 1. The lowest BCUT2D eigenvalue weighted by Crippen LogP contribution is -2.41. The van der Waals surface area contributed by atoms with Gasteiger partial charge in [0, 0.05) is 30.7 Å². The van der Waals surface area contributed by atoms with Crippen LogP contribution in [0, 0.1) is 26.7 Å². The van der Waals surface area contributed by atoms with Crippen LogP contribution in [0.3, 0.4) is 0 Å². The minimum atomic E-state index is -0.0533. The van der Waals surface area contributed by atoms with Gasteiger partial charge in [-0.15, -0.1) is 10.2 Å². The standard InChI is InChI=1S/C24H31N5O2S/c1-15-12-16(2)23(17(3)13-15)26-21(30)14-32-22-7-6-20(27-28-22)29-10-8-18(9-11-29)24(31)25-19-4-5-19/h6-7,12-13,18-19H,4-5,8-11,14H2,1-3H3,(H,25,31)(H,26,30). The third-order valence-corrected chi connectivity index (χ3v) is 6.95. The lowest BCUT2D eigenvalue weighted by Gasteiger charge is -2.31. The topological polar surface area (TPSA) is 87.2 Å². The summed E-state index contributed by atoms with van der Waals surface area (Å²) in [5, 5.41) is 15.5. The van der Waals surface area contributed by atoms with Gasteiger partial charge in [-0.3, -0.25) is 9.59 Å². The number of piperidine rings is 1. The van der Waals surface area contributed by atoms with Gasteiger partial charge >= 0.3 is 0 Å². The van der Waals surface area contributed by atoms with Crippen LogP contribution in [0.2, 0.25) is 0 Å². The van der Waals surface area contributed by atoms with Gasteiger partial charge in [0.2, 0.25) is 11.8 Å². The number of nitrogens with zero attached hydrogens (tertiary/aromatic N) is 3. The molecule has 4 rings (SSSR count). The molecule has 1 aliphatic carbocycles. The highest BCUT2D eigenvalue weighted by molar-refractivity contribution is 7.99. The van der Waals surface area contributed by atoms with Crippen LogP contribution in [0.15, 0.2) is 29.3 Å². The molecule has 2 N–H and O–H groups in total. The summed E-state index contributed by atoms with van der Waals surface area (Å²) in [4.78, 5) is 26.8. The Morgan fingerprint density at radius 3 is 2.31 bits per heavy atom. The average Bonchev–Trinajstić information content (AvgIpc) is 3.59. The van der Waals surface area contributed by atoms with E-state index in [0.717, 1.165) is 66.4 Å². The summed E-state index contributed by atoms with van der Waals surface area (Å²) in [5.41, 5.74) is 4.21. The van der Waals surface area contributed by atoms with E-state index >= 15 is 0 Å². The second kappa shape index (κ2) is 9.90. The maximum Gasteiger partial charge on any atom is 0.234 e. The molecule has 1 aromatic carbocycles. The van der Waals surface area contributed by atoms with Crippen LogP contribution in [0.5, 0.6) is 0 Å². The van der Waals surface area contributed by atoms with Crippen LogP contribution in [0.1, 0.15) is 42.4 Å². The van der Waals surface area contributed by atoms with Gasteiger partial charge in [-0.05, 0) is 69.7 Å². The SMILES string of the molecule is Cc1cc(C)c(NC(=O)CSc2ccc(N3CCC(C(=O)NC4CC4)CC3)nn2)c(C)c1. The number of aromatic nitrogens is 2. The Morgan fingerprint density at radius 2 is 1.72 bits per heavy atom. The molecule has 0 unspecified atom stereocenters. The summed E-state index contributed by atoms with van der Waals surface area (Å²) in [5.74, 6) is 1.36. The highest BCUT2D eigenvalue weighted by Gasteiger charge is 2.30. The van der Waals surface area contributed by atoms with Crippen LogP contribution in [-0.2, 0) is 9.59 Å². The van der Waals surface area contributed by atoms with Crippen LogP contribution >= 0.6 is 11.8 Å². The zero-order valence-electron chi connectivity index (χ0n) is 19.0. The van der Waals surface area contributed by atoms with Gasteiger partial charge in [0.25, 0.3) is 0 Å². The van der Waals surface area contributed by atoms with Crippen molar-refractivity contribution in [1.82, 2.24) is 15.5 Å². The number of carbonyl (C=O) groups excluding carboxylic acids is 2. The van der Waals surface area contributed by atoms with Crippen LogP contribution in [0.25, 0.3) is 0 Å². The second-order valence-electron chi connectivity index (χ2n) is 8.88. The molecule has 1 saturated carbocycles. The number of hydrogen-bond acceptors (Lipinski definition) is 6. The Hall–Kier alpha value is -2.61. The highest BCUT2D eigenvalue weighted by atomic mass is 32.2. The fourth-order valence-electron chi connectivity index (χ4n) is 4.17. The number of amides is 2. The van der Waals surface area contributed by atoms with Gasteiger partial charge < -0.3 is 15.5 Å². The van der Waals surface area contributed by atoms with Gasteiger partial charge in [0.05, 0.1) is 5.75 Å². The molecule has 0 bridgehead atoms. The molecule has 0 spiro atoms. The smallest absolute Gasteiger partial charge is 0.234 e. The van der Waals surface area contributed by atoms with E-state index in [1.807, 2.05) is 26.0 Å². The van der Waals surface area contributed by atoms with Crippen molar-refractivity contribution < 1.29 is 9.59 Å². The molecule has 2 aliphatic rings. The lowest BCUT2D eigenvalue weighted by atomic mass is 9.96. The number of carbonyl (C=O) groups is 2. The molecule has 7 nitrogen and oxygen atoms in total. The molecule has 1 aliphatic heterocycles. The Morgan fingerprint density at radius 1 is 1.03 bits per heavy atom. The Bertz CT molecular complexity index is 959. The van der Waals surface area contributed by atoms with E-state index in [0.29, 0.717) is 6.04 Å². The Kier molecular flexibility index (Phi) is 6.98. The first kappa shape index (κ1) is 22.6. The van der Waals surface area contributed by atoms with Crippen LogP contribution < -0.4 is 15.5 Å². The summed E-state index contributed by atoms with van der Waals surface area (Å²) in [6, 6.07) is 8.43. The first-order chi connectivity index (χ1) is 15.4. The molecule has 0 atom stereocenters. The molecule has 0 radical (unpaired) electrons. The summed E-state index contributed by atoms with van der Waals surface area (Å²) < 4.78 is 0. The van der Waals surface area contributed by atoms with Crippen molar-refractivity contribution in [2.45, 2.75) is 57.5 Å². The highest BCUT2D eigenvalue weighted by Crippen LogP contribution is 2.26. The molecule has 1 saturated heterocycles. The molecule has 2 heterocycles. The molecule has 32 heavy (non-hydrogen) atoms. The molecule has 1 aromatic heterocycles. The predicted molar refractivity (Wildman–Crippen MR) is 128 cm³/mol. The van der Waals surface area contributed by atoms with Gasteiger partial charge in [0.15, 0.2) is 5.82 Å². The average molecular weight is 454 g/mol. The first-order valence-electron chi connectivity index (χ1n) is 11.3. The summed E-state index contributed by atoms with van der Waals surface area (Å²) in [6.45, 7) is 7.69. The molecule has 8 heteroatoms. The number of anilines is 2. The van der Waals surface area contributed by atoms with Crippen molar-refractivity contribution in [3.8, 4) is 0 Å². The fourth-order valence-corrected chi connectivity index (χ4v) is 4.78. The zero-order valence-corrected chi connectivity index (χ0v) is 19.8. The normalized spacial score (nSPS) is 16.7. The monoisotopic (exact) mass is 453 g/mol. The molecule has 170 valence electrons. The first-order valence-corrected chi connectivity index (χ1v) is 12.3. The molecule has 2 aromatic rings. The predicted octanol–water partition coefficient (Wildman–Crippen LogP) is 3.63. The van der Waals surface area contributed by atoms with Crippen LogP contribution in [-0.4, -0.2) is 46.9 Å². The quantitative estimate of drug-likeness (QED) is 0.623. The summed E-state index contributed by atoms with van der Waals surface area (Å²) >= 11 is 1.38. The molecular weight excluding hydrogens is 422 g/mol. The number of hydrogen-bond donors (Lipinski definition) is 2. The van der Waals surface area contributed by atoms with E-state index in [4.69, 9.17) is 0 Å². The Labute approximate surface area is 193 Å². The van der Waals surface area contributed by atoms with E-state index < -0.39 is 0 Å². The van der Waals surface area contributed by atoms with Crippen molar-refractivity contribution in [3.63, 3.8) is 0 Å². The molecular formula is C24H31N5O2S. The number of benzene rings is 1. The van der Waals surface area contributed by atoms with Crippen LogP contribution in [0.4, 0.5) is 11.5 Å². The minimum absolute atomic E-state index is 0.0533. The van der Waals surface area contributed by atoms with E-state index in [-0.39, 0.29) is 23.5 Å². The third-order valence-electron chi connectivity index (χ3n) is 6.03. The van der Waals surface area contributed by atoms with Gasteiger partial charge in [0.1, 0.15) is 5.03 Å². The minimum Gasteiger partial charge on any atom is -0.355 e. The third kappa shape index (κ3) is 5.79. The lowest BCUT2D eigenvalue weighted by molar-refractivity contribution is -0.125. The van der Waals surface area contributed by atoms with Gasteiger partial charge in [-0.25, -0.2) is 0 Å². The van der Waals surface area contributed by atoms with Crippen molar-refractivity contribution in [3.05, 3.63) is 41.0 Å². The van der Waals surface area contributed by atoms with Crippen molar-refractivity contribution >= 4 is 35.1 Å². The van der Waals surface area contributed by atoms with Crippen molar-refractivity contribution in [1.29, 1.82) is 0 Å². The molecule has 2 fully saturated rings.